The van der Waals surface area contributed by atoms with Gasteiger partial charge in [0.2, 0.25) is 5.91 Å². The molecule has 33 heavy (non-hydrogen) atoms. The van der Waals surface area contributed by atoms with Crippen molar-refractivity contribution in [1.82, 2.24) is 20.0 Å². The smallest absolute Gasteiger partial charge is 0.242 e. The molecule has 1 aliphatic rings. The molecular formula is C25H29N5O3. The van der Waals surface area contributed by atoms with E-state index in [1.807, 2.05) is 56.6 Å². The lowest BCUT2D eigenvalue weighted by Crippen LogP contribution is -2.36. The summed E-state index contributed by atoms with van der Waals surface area (Å²) in [5, 5.41) is 14.8. The topological polar surface area (TPSA) is 81.8 Å². The fourth-order valence-corrected chi connectivity index (χ4v) is 4.12. The number of ether oxygens (including phenoxy) is 2. The zero-order valence-electron chi connectivity index (χ0n) is 19.7. The Hall–Kier alpha value is -3.68. The van der Waals surface area contributed by atoms with Crippen LogP contribution in [0.15, 0.2) is 47.7 Å². The van der Waals surface area contributed by atoms with Crippen LogP contribution in [-0.2, 0) is 18.3 Å². The van der Waals surface area contributed by atoms with Crippen LogP contribution in [0.25, 0.3) is 11.3 Å². The number of methoxy groups -OCH3 is 2. The molecule has 0 radical (unpaired) electrons. The summed E-state index contributed by atoms with van der Waals surface area (Å²) in [7, 11) is 5.09. The van der Waals surface area contributed by atoms with Gasteiger partial charge in [0.1, 0.15) is 5.69 Å². The highest BCUT2D eigenvalue weighted by molar-refractivity contribution is 6.14. The Labute approximate surface area is 193 Å². The van der Waals surface area contributed by atoms with Crippen molar-refractivity contribution in [1.29, 1.82) is 0 Å². The van der Waals surface area contributed by atoms with E-state index in [1.54, 1.807) is 23.9 Å². The number of nitrogens with zero attached hydrogens (tertiary/aromatic N) is 5. The Balaban J connectivity index is 1.87. The van der Waals surface area contributed by atoms with Crippen LogP contribution in [0.4, 0.5) is 0 Å². The maximum atomic E-state index is 12.9. The molecule has 1 aromatic heterocycles. The number of carbonyl (C=O) groups is 1. The number of benzene rings is 2. The van der Waals surface area contributed by atoms with Crippen molar-refractivity contribution in [2.24, 2.45) is 12.1 Å². The van der Waals surface area contributed by atoms with Gasteiger partial charge in [-0.05, 0) is 30.5 Å². The van der Waals surface area contributed by atoms with E-state index in [0.29, 0.717) is 24.3 Å². The Bertz CT molecular complexity index is 1180. The van der Waals surface area contributed by atoms with Gasteiger partial charge in [0.25, 0.3) is 0 Å². The molecule has 1 unspecified atom stereocenters. The van der Waals surface area contributed by atoms with E-state index in [4.69, 9.17) is 14.6 Å². The second-order valence-corrected chi connectivity index (χ2v) is 8.03. The second kappa shape index (κ2) is 9.44. The molecule has 0 aliphatic carbocycles. The first kappa shape index (κ1) is 22.5. The molecule has 1 atom stereocenters. The molecule has 0 saturated carbocycles. The number of carbonyl (C=O) groups excluding carboxylic acids is 1. The number of fused-ring (bicyclic) bond motifs is 1. The van der Waals surface area contributed by atoms with Gasteiger partial charge in [-0.25, -0.2) is 5.01 Å². The molecule has 3 aromatic rings. The third-order valence-corrected chi connectivity index (χ3v) is 5.96. The van der Waals surface area contributed by atoms with Gasteiger partial charge in [0, 0.05) is 30.2 Å². The SMILES string of the molecule is CCC(=O)N1N=C(c2ccc(-c3cn(C)nn3)cc2)c2cc(OC)c(OC)cc2CC1CC. The number of hydrogen-bond donors (Lipinski definition) is 0. The number of aromatic nitrogens is 3. The molecule has 8 nitrogen and oxygen atoms in total. The zero-order chi connectivity index (χ0) is 23.5. The Morgan fingerprint density at radius 3 is 2.30 bits per heavy atom. The standard InChI is InChI=1S/C25H29N5O3/c1-6-19-12-18-13-22(32-4)23(33-5)14-20(18)25(27-30(19)24(31)7-2)17-10-8-16(9-11-17)21-15-29(3)28-26-21/h8-11,13-15,19H,6-7,12H2,1-5H3. The monoisotopic (exact) mass is 447 g/mol. The van der Waals surface area contributed by atoms with Crippen LogP contribution in [0.5, 0.6) is 11.5 Å². The number of hydrazone groups is 1. The quantitative estimate of drug-likeness (QED) is 0.574. The van der Waals surface area contributed by atoms with Crippen molar-refractivity contribution in [3.63, 3.8) is 0 Å². The van der Waals surface area contributed by atoms with E-state index in [1.165, 1.54) is 0 Å². The van der Waals surface area contributed by atoms with Crippen LogP contribution in [0.3, 0.4) is 0 Å². The molecule has 1 amide bonds. The highest BCUT2D eigenvalue weighted by atomic mass is 16.5. The molecule has 2 heterocycles. The summed E-state index contributed by atoms with van der Waals surface area (Å²) >= 11 is 0. The van der Waals surface area contributed by atoms with Gasteiger partial charge in [-0.1, -0.05) is 43.3 Å². The first-order chi connectivity index (χ1) is 16.0. The zero-order valence-corrected chi connectivity index (χ0v) is 19.7. The third kappa shape index (κ3) is 4.33. The summed E-state index contributed by atoms with van der Waals surface area (Å²) in [6.45, 7) is 3.95. The van der Waals surface area contributed by atoms with Gasteiger partial charge < -0.3 is 9.47 Å². The minimum absolute atomic E-state index is 0.00210. The summed E-state index contributed by atoms with van der Waals surface area (Å²) in [6.07, 6.45) is 3.74. The van der Waals surface area contributed by atoms with Gasteiger partial charge in [0.15, 0.2) is 11.5 Å². The van der Waals surface area contributed by atoms with Crippen LogP contribution < -0.4 is 9.47 Å². The van der Waals surface area contributed by atoms with Crippen molar-refractivity contribution in [3.8, 4) is 22.8 Å². The van der Waals surface area contributed by atoms with E-state index >= 15 is 0 Å². The highest BCUT2D eigenvalue weighted by Crippen LogP contribution is 2.35. The van der Waals surface area contributed by atoms with Crippen LogP contribution >= 0.6 is 0 Å². The van der Waals surface area contributed by atoms with Gasteiger partial charge in [0.05, 0.1) is 32.2 Å². The number of hydrogen-bond acceptors (Lipinski definition) is 6. The Kier molecular flexibility index (Phi) is 6.44. The van der Waals surface area contributed by atoms with E-state index in [-0.39, 0.29) is 11.9 Å². The fraction of sp³-hybridized carbons (Fsp3) is 0.360. The number of aryl methyl sites for hydroxylation is 1. The van der Waals surface area contributed by atoms with Crippen LogP contribution in [-0.4, -0.2) is 51.9 Å². The second-order valence-electron chi connectivity index (χ2n) is 8.03. The van der Waals surface area contributed by atoms with Gasteiger partial charge in [-0.2, -0.15) is 5.10 Å². The predicted molar refractivity (Wildman–Crippen MR) is 127 cm³/mol. The molecule has 0 bridgehead atoms. The normalized spacial score (nSPS) is 15.5. The summed E-state index contributed by atoms with van der Waals surface area (Å²) in [5.74, 6) is 1.30. The number of rotatable bonds is 6. The molecule has 0 spiro atoms. The minimum atomic E-state index is -0.0364. The molecule has 172 valence electrons. The summed E-state index contributed by atoms with van der Waals surface area (Å²) < 4.78 is 12.8. The average molecular weight is 448 g/mol. The van der Waals surface area contributed by atoms with Crippen molar-refractivity contribution < 1.29 is 14.3 Å². The first-order valence-corrected chi connectivity index (χ1v) is 11.1. The molecule has 0 N–H and O–H groups in total. The molecule has 0 fully saturated rings. The lowest BCUT2D eigenvalue weighted by molar-refractivity contribution is -0.133. The summed E-state index contributed by atoms with van der Waals surface area (Å²) in [5.41, 5.74) is 5.40. The van der Waals surface area contributed by atoms with Crippen LogP contribution in [0.2, 0.25) is 0 Å². The van der Waals surface area contributed by atoms with Crippen molar-refractivity contribution >= 4 is 11.6 Å². The van der Waals surface area contributed by atoms with E-state index in [0.717, 1.165) is 40.1 Å². The van der Waals surface area contributed by atoms with Gasteiger partial charge >= 0.3 is 0 Å². The van der Waals surface area contributed by atoms with Crippen LogP contribution in [0.1, 0.15) is 43.4 Å². The van der Waals surface area contributed by atoms with E-state index < -0.39 is 0 Å². The first-order valence-electron chi connectivity index (χ1n) is 11.1. The maximum Gasteiger partial charge on any atom is 0.242 e. The van der Waals surface area contributed by atoms with Crippen molar-refractivity contribution in [3.05, 3.63) is 59.3 Å². The molecule has 4 rings (SSSR count). The summed E-state index contributed by atoms with van der Waals surface area (Å²) in [4.78, 5) is 12.9. The molecular weight excluding hydrogens is 418 g/mol. The van der Waals surface area contributed by atoms with Crippen LogP contribution in [0, 0.1) is 0 Å². The Morgan fingerprint density at radius 1 is 1.06 bits per heavy atom. The molecule has 2 aromatic carbocycles. The van der Waals surface area contributed by atoms with E-state index in [9.17, 15) is 4.79 Å². The largest absolute Gasteiger partial charge is 0.493 e. The van der Waals surface area contributed by atoms with Crippen molar-refractivity contribution in [2.75, 3.05) is 14.2 Å². The summed E-state index contributed by atoms with van der Waals surface area (Å²) in [6, 6.07) is 11.9. The molecule has 8 heteroatoms. The Morgan fingerprint density at radius 2 is 1.73 bits per heavy atom. The highest BCUT2D eigenvalue weighted by Gasteiger charge is 2.29. The van der Waals surface area contributed by atoms with Gasteiger partial charge in [-0.15, -0.1) is 5.10 Å². The van der Waals surface area contributed by atoms with Crippen molar-refractivity contribution in [2.45, 2.75) is 39.2 Å². The average Bonchev–Trinajstić information content (AvgIpc) is 3.21. The lowest BCUT2D eigenvalue weighted by Gasteiger charge is -2.25. The maximum absolute atomic E-state index is 12.9. The molecule has 1 aliphatic heterocycles. The minimum Gasteiger partial charge on any atom is -0.493 e. The third-order valence-electron chi connectivity index (χ3n) is 5.96. The fourth-order valence-electron chi connectivity index (χ4n) is 4.12. The number of amides is 1. The predicted octanol–water partition coefficient (Wildman–Crippen LogP) is 3.83. The lowest BCUT2D eigenvalue weighted by atomic mass is 9.92. The molecule has 0 saturated heterocycles. The van der Waals surface area contributed by atoms with Gasteiger partial charge in [-0.3, -0.25) is 9.48 Å². The van der Waals surface area contributed by atoms with E-state index in [2.05, 4.69) is 17.2 Å².